The minimum Gasteiger partial charge on any atom is -0.444 e. The standard InChI is InChI=1S/C15H22FN3O3/c1-15(2,3)22-14(20)19-6-7-21-9-12(19)13(17)10-4-5-18-8-11(10)16/h4-5,8,12-13H,6-7,9,17H2,1-3H3. The zero-order valence-corrected chi connectivity index (χ0v) is 13.1. The summed E-state index contributed by atoms with van der Waals surface area (Å²) in [7, 11) is 0. The van der Waals surface area contributed by atoms with Crippen LogP contribution < -0.4 is 5.73 Å². The Kier molecular flexibility index (Phi) is 4.97. The molecule has 2 rings (SSSR count). The van der Waals surface area contributed by atoms with Crippen LogP contribution in [0, 0.1) is 5.82 Å². The molecule has 122 valence electrons. The highest BCUT2D eigenvalue weighted by atomic mass is 19.1. The first-order valence-electron chi connectivity index (χ1n) is 7.22. The maximum absolute atomic E-state index is 13.9. The van der Waals surface area contributed by atoms with E-state index in [1.165, 1.54) is 17.2 Å². The molecule has 0 aliphatic carbocycles. The monoisotopic (exact) mass is 311 g/mol. The van der Waals surface area contributed by atoms with Crippen LogP contribution in [0.25, 0.3) is 0 Å². The third-order valence-corrected chi connectivity index (χ3v) is 3.37. The number of hydrogen-bond donors (Lipinski definition) is 1. The van der Waals surface area contributed by atoms with Crippen molar-refractivity contribution in [1.29, 1.82) is 0 Å². The van der Waals surface area contributed by atoms with E-state index in [4.69, 9.17) is 15.2 Å². The first-order valence-corrected chi connectivity index (χ1v) is 7.22. The highest BCUT2D eigenvalue weighted by Gasteiger charge is 2.36. The Bertz CT molecular complexity index is 533. The minimum atomic E-state index is -0.712. The van der Waals surface area contributed by atoms with Gasteiger partial charge in [0.1, 0.15) is 11.4 Å². The van der Waals surface area contributed by atoms with Crippen LogP contribution >= 0.6 is 0 Å². The summed E-state index contributed by atoms with van der Waals surface area (Å²) in [4.78, 5) is 17.6. The number of nitrogens with zero attached hydrogens (tertiary/aromatic N) is 2. The van der Waals surface area contributed by atoms with Crippen molar-refractivity contribution < 1.29 is 18.7 Å². The van der Waals surface area contributed by atoms with Crippen molar-refractivity contribution in [3.63, 3.8) is 0 Å². The Morgan fingerprint density at radius 2 is 2.32 bits per heavy atom. The fourth-order valence-electron chi connectivity index (χ4n) is 2.33. The zero-order valence-electron chi connectivity index (χ0n) is 13.1. The average Bonchev–Trinajstić information content (AvgIpc) is 2.45. The maximum Gasteiger partial charge on any atom is 0.410 e. The van der Waals surface area contributed by atoms with Crippen molar-refractivity contribution in [1.82, 2.24) is 9.88 Å². The highest BCUT2D eigenvalue weighted by Crippen LogP contribution is 2.24. The molecular weight excluding hydrogens is 289 g/mol. The molecule has 1 fully saturated rings. The molecule has 2 atom stereocenters. The number of carbonyl (C=O) groups is 1. The van der Waals surface area contributed by atoms with Gasteiger partial charge in [-0.05, 0) is 26.8 Å². The molecule has 0 aromatic carbocycles. The van der Waals surface area contributed by atoms with Crippen molar-refractivity contribution in [3.05, 3.63) is 29.8 Å². The molecule has 2 N–H and O–H groups in total. The van der Waals surface area contributed by atoms with Crippen LogP contribution in [0.1, 0.15) is 32.4 Å². The molecule has 7 heteroatoms. The van der Waals surface area contributed by atoms with Gasteiger partial charge < -0.3 is 15.2 Å². The van der Waals surface area contributed by atoms with Gasteiger partial charge >= 0.3 is 6.09 Å². The van der Waals surface area contributed by atoms with Crippen molar-refractivity contribution >= 4 is 6.09 Å². The second kappa shape index (κ2) is 6.58. The van der Waals surface area contributed by atoms with Gasteiger partial charge in [-0.2, -0.15) is 0 Å². The van der Waals surface area contributed by atoms with Crippen LogP contribution in [0.3, 0.4) is 0 Å². The van der Waals surface area contributed by atoms with Gasteiger partial charge in [-0.25, -0.2) is 9.18 Å². The Morgan fingerprint density at radius 1 is 1.59 bits per heavy atom. The third-order valence-electron chi connectivity index (χ3n) is 3.37. The van der Waals surface area contributed by atoms with Gasteiger partial charge in [-0.15, -0.1) is 0 Å². The summed E-state index contributed by atoms with van der Waals surface area (Å²) in [6.07, 6.45) is 2.11. The number of pyridine rings is 1. The molecule has 0 spiro atoms. The lowest BCUT2D eigenvalue weighted by Crippen LogP contribution is -2.54. The molecule has 6 nitrogen and oxygen atoms in total. The van der Waals surface area contributed by atoms with E-state index in [1.807, 2.05) is 0 Å². The van der Waals surface area contributed by atoms with Gasteiger partial charge in [0.05, 0.1) is 31.5 Å². The van der Waals surface area contributed by atoms with Crippen LogP contribution in [0.2, 0.25) is 0 Å². The molecule has 1 aromatic heterocycles. The second-order valence-corrected chi connectivity index (χ2v) is 6.24. The molecule has 1 amide bonds. The number of nitrogens with two attached hydrogens (primary N) is 1. The van der Waals surface area contributed by atoms with E-state index in [0.29, 0.717) is 18.7 Å². The van der Waals surface area contributed by atoms with Crippen molar-refractivity contribution in [2.75, 3.05) is 19.8 Å². The topological polar surface area (TPSA) is 77.7 Å². The number of carbonyl (C=O) groups excluding carboxylic acids is 1. The van der Waals surface area contributed by atoms with Crippen LogP contribution in [0.5, 0.6) is 0 Å². The van der Waals surface area contributed by atoms with E-state index in [9.17, 15) is 9.18 Å². The van der Waals surface area contributed by atoms with E-state index < -0.39 is 29.6 Å². The molecule has 2 heterocycles. The summed E-state index contributed by atoms with van der Waals surface area (Å²) in [5, 5.41) is 0. The lowest BCUT2D eigenvalue weighted by molar-refractivity contribution is -0.0384. The number of aromatic nitrogens is 1. The van der Waals surface area contributed by atoms with E-state index in [0.717, 1.165) is 6.20 Å². The molecule has 0 saturated carbocycles. The Labute approximate surface area is 129 Å². The van der Waals surface area contributed by atoms with E-state index in [-0.39, 0.29) is 6.61 Å². The number of hydrogen-bond acceptors (Lipinski definition) is 5. The van der Waals surface area contributed by atoms with Gasteiger partial charge in [0, 0.05) is 18.3 Å². The lowest BCUT2D eigenvalue weighted by Gasteiger charge is -2.39. The number of rotatable bonds is 2. The molecule has 2 unspecified atom stereocenters. The van der Waals surface area contributed by atoms with Crippen LogP contribution in [-0.2, 0) is 9.47 Å². The van der Waals surface area contributed by atoms with Gasteiger partial charge in [0.2, 0.25) is 0 Å². The molecule has 1 aromatic rings. The number of ether oxygens (including phenoxy) is 2. The molecule has 22 heavy (non-hydrogen) atoms. The SMILES string of the molecule is CC(C)(C)OC(=O)N1CCOCC1C(N)c1ccncc1F. The molecule has 1 saturated heterocycles. The lowest BCUT2D eigenvalue weighted by atomic mass is 9.99. The number of amides is 1. The fraction of sp³-hybridized carbons (Fsp3) is 0.600. The van der Waals surface area contributed by atoms with Gasteiger partial charge in [0.25, 0.3) is 0 Å². The summed E-state index contributed by atoms with van der Waals surface area (Å²) in [6, 6.07) is 0.318. The molecular formula is C15H22FN3O3. The van der Waals surface area contributed by atoms with E-state index in [1.54, 1.807) is 20.8 Å². The molecule has 0 bridgehead atoms. The summed E-state index contributed by atoms with van der Waals surface area (Å²) >= 11 is 0. The first kappa shape index (κ1) is 16.6. The van der Waals surface area contributed by atoms with Crippen LogP contribution in [0.15, 0.2) is 18.5 Å². The maximum atomic E-state index is 13.9. The average molecular weight is 311 g/mol. The summed E-state index contributed by atoms with van der Waals surface area (Å²) in [5.41, 5.74) is 5.86. The third kappa shape index (κ3) is 3.92. The van der Waals surface area contributed by atoms with Crippen molar-refractivity contribution in [3.8, 4) is 0 Å². The van der Waals surface area contributed by atoms with Gasteiger partial charge in [-0.3, -0.25) is 9.88 Å². The first-order chi connectivity index (χ1) is 10.3. The largest absolute Gasteiger partial charge is 0.444 e. The highest BCUT2D eigenvalue weighted by molar-refractivity contribution is 5.69. The van der Waals surface area contributed by atoms with Crippen LogP contribution in [-0.4, -0.2) is 47.4 Å². The van der Waals surface area contributed by atoms with Crippen LogP contribution in [0.4, 0.5) is 9.18 Å². The summed E-state index contributed by atoms with van der Waals surface area (Å²) in [5.74, 6) is -0.496. The summed E-state index contributed by atoms with van der Waals surface area (Å²) in [6.45, 7) is 6.39. The Balaban J connectivity index is 2.19. The normalized spacial score (nSPS) is 20.6. The molecule has 0 radical (unpaired) electrons. The van der Waals surface area contributed by atoms with Crippen molar-refractivity contribution in [2.45, 2.75) is 38.5 Å². The van der Waals surface area contributed by atoms with Gasteiger partial charge in [-0.1, -0.05) is 0 Å². The predicted molar refractivity (Wildman–Crippen MR) is 78.7 cm³/mol. The zero-order chi connectivity index (χ0) is 16.3. The number of morpholine rings is 1. The molecule has 1 aliphatic heterocycles. The smallest absolute Gasteiger partial charge is 0.410 e. The summed E-state index contributed by atoms with van der Waals surface area (Å²) < 4.78 is 24.7. The van der Waals surface area contributed by atoms with Gasteiger partial charge in [0.15, 0.2) is 0 Å². The number of halogens is 1. The van der Waals surface area contributed by atoms with Crippen molar-refractivity contribution in [2.24, 2.45) is 5.73 Å². The fourth-order valence-corrected chi connectivity index (χ4v) is 2.33. The second-order valence-electron chi connectivity index (χ2n) is 6.24. The Morgan fingerprint density at radius 3 is 2.95 bits per heavy atom. The van der Waals surface area contributed by atoms with E-state index in [2.05, 4.69) is 4.98 Å². The minimum absolute atomic E-state index is 0.238. The predicted octanol–water partition coefficient (Wildman–Crippen LogP) is 1.86. The molecule has 1 aliphatic rings. The quantitative estimate of drug-likeness (QED) is 0.902. The Hall–Kier alpha value is -1.73. The van der Waals surface area contributed by atoms with E-state index >= 15 is 0 Å².